The number of ether oxygens (including phenoxy) is 3. The van der Waals surface area contributed by atoms with Crippen molar-refractivity contribution in [1.29, 1.82) is 0 Å². The second-order valence-electron chi connectivity index (χ2n) is 6.40. The van der Waals surface area contributed by atoms with Crippen LogP contribution in [-0.4, -0.2) is 62.2 Å². The van der Waals surface area contributed by atoms with E-state index in [0.29, 0.717) is 24.4 Å². The Morgan fingerprint density at radius 2 is 2.20 bits per heavy atom. The topological polar surface area (TPSA) is 88.5 Å². The number of hydrogen-bond acceptors (Lipinski definition) is 6. The fraction of sp³-hybridized carbons (Fsp3) is 0.529. The number of aliphatic hydroxyl groups excluding tert-OH is 1. The van der Waals surface area contributed by atoms with Crippen LogP contribution in [0.3, 0.4) is 0 Å². The minimum atomic E-state index is -0.588. The highest BCUT2D eigenvalue weighted by Gasteiger charge is 2.46. The Morgan fingerprint density at radius 3 is 2.92 bits per heavy atom. The molecule has 2 amide bonds. The van der Waals surface area contributed by atoms with Crippen LogP contribution >= 0.6 is 0 Å². The molecule has 0 aliphatic carbocycles. The lowest BCUT2D eigenvalue weighted by atomic mass is 10.0. The smallest absolute Gasteiger partial charge is 0.415 e. The predicted molar refractivity (Wildman–Crippen MR) is 87.9 cm³/mol. The fourth-order valence-electron chi connectivity index (χ4n) is 3.62. The van der Waals surface area contributed by atoms with E-state index in [1.807, 2.05) is 0 Å². The zero-order chi connectivity index (χ0) is 17.6. The molecule has 1 aromatic rings. The predicted octanol–water partition coefficient (Wildman–Crippen LogP) is 0.907. The Labute approximate surface area is 144 Å². The first-order valence-corrected chi connectivity index (χ1v) is 8.33. The van der Waals surface area contributed by atoms with Crippen LogP contribution in [-0.2, 0) is 14.3 Å². The molecule has 8 nitrogen and oxygen atoms in total. The Bertz CT molecular complexity index is 708. The van der Waals surface area contributed by atoms with Gasteiger partial charge in [-0.3, -0.25) is 9.69 Å². The molecular weight excluding hydrogens is 328 g/mol. The van der Waals surface area contributed by atoms with E-state index >= 15 is 0 Å². The van der Waals surface area contributed by atoms with Gasteiger partial charge in [0.05, 0.1) is 24.8 Å². The fourth-order valence-corrected chi connectivity index (χ4v) is 3.62. The van der Waals surface area contributed by atoms with E-state index in [-0.39, 0.29) is 31.3 Å². The standard InChI is InChI=1S/C17H20N2O6/c1-23-11-4-5-18(16(21)7-11)10-2-3-12-14(6-10)24-9-13-15(8-20)25-17(22)19(12)13/h2-3,6,11,13,15,20H,4-5,7-9H2,1H3/t11-,13+,15+/m1/s1. The summed E-state index contributed by atoms with van der Waals surface area (Å²) in [5.74, 6) is 0.540. The minimum Gasteiger partial charge on any atom is -0.489 e. The van der Waals surface area contributed by atoms with Gasteiger partial charge in [-0.25, -0.2) is 4.79 Å². The van der Waals surface area contributed by atoms with E-state index in [1.165, 1.54) is 4.90 Å². The Kier molecular flexibility index (Phi) is 4.01. The SMILES string of the molecule is CO[C@@H]1CCN(c2ccc3c(c2)OC[C@H]2[C@H](CO)OC(=O)N32)C(=O)C1. The summed E-state index contributed by atoms with van der Waals surface area (Å²) in [6, 6.07) is 4.99. The van der Waals surface area contributed by atoms with Crippen molar-refractivity contribution >= 4 is 23.4 Å². The van der Waals surface area contributed by atoms with Crippen molar-refractivity contribution < 1.29 is 28.9 Å². The van der Waals surface area contributed by atoms with Crippen LogP contribution in [0.5, 0.6) is 5.75 Å². The van der Waals surface area contributed by atoms with Crippen molar-refractivity contribution in [3.05, 3.63) is 18.2 Å². The number of carbonyl (C=O) groups is 2. The highest BCUT2D eigenvalue weighted by atomic mass is 16.6. The summed E-state index contributed by atoms with van der Waals surface area (Å²) in [5, 5.41) is 9.34. The number of methoxy groups -OCH3 is 1. The molecule has 2 fully saturated rings. The normalized spacial score (nSPS) is 28.3. The molecule has 3 aliphatic rings. The summed E-state index contributed by atoms with van der Waals surface area (Å²) >= 11 is 0. The van der Waals surface area contributed by atoms with E-state index < -0.39 is 12.2 Å². The first kappa shape index (κ1) is 16.2. The largest absolute Gasteiger partial charge is 0.489 e. The van der Waals surface area contributed by atoms with Gasteiger partial charge in [-0.05, 0) is 18.6 Å². The van der Waals surface area contributed by atoms with Gasteiger partial charge in [0, 0.05) is 25.4 Å². The van der Waals surface area contributed by atoms with E-state index in [4.69, 9.17) is 14.2 Å². The van der Waals surface area contributed by atoms with Crippen LogP contribution in [0, 0.1) is 0 Å². The Balaban J connectivity index is 1.60. The third-order valence-corrected chi connectivity index (χ3v) is 5.03. The summed E-state index contributed by atoms with van der Waals surface area (Å²) in [6.07, 6.45) is 0.0212. The summed E-state index contributed by atoms with van der Waals surface area (Å²) in [4.78, 5) is 27.7. The second kappa shape index (κ2) is 6.20. The highest BCUT2D eigenvalue weighted by molar-refractivity contribution is 5.97. The van der Waals surface area contributed by atoms with Crippen molar-refractivity contribution in [1.82, 2.24) is 0 Å². The number of benzene rings is 1. The zero-order valence-electron chi connectivity index (χ0n) is 13.9. The summed E-state index contributed by atoms with van der Waals surface area (Å²) in [6.45, 7) is 0.580. The number of piperidine rings is 1. The Hall–Kier alpha value is -2.32. The van der Waals surface area contributed by atoms with Crippen molar-refractivity contribution in [2.24, 2.45) is 0 Å². The number of hydrogen-bond donors (Lipinski definition) is 1. The molecule has 0 radical (unpaired) electrons. The maximum atomic E-state index is 12.3. The van der Waals surface area contributed by atoms with Crippen molar-refractivity contribution in [3.8, 4) is 5.75 Å². The first-order valence-electron chi connectivity index (χ1n) is 8.33. The van der Waals surface area contributed by atoms with Crippen LogP contribution in [0.4, 0.5) is 16.2 Å². The lowest BCUT2D eigenvalue weighted by Gasteiger charge is -2.34. The summed E-state index contributed by atoms with van der Waals surface area (Å²) in [7, 11) is 1.62. The Morgan fingerprint density at radius 1 is 1.36 bits per heavy atom. The number of cyclic esters (lactones) is 1. The van der Waals surface area contributed by atoms with Crippen molar-refractivity contribution in [2.75, 3.05) is 36.7 Å². The van der Waals surface area contributed by atoms with Crippen molar-refractivity contribution in [3.63, 3.8) is 0 Å². The molecule has 1 aromatic carbocycles. The summed E-state index contributed by atoms with van der Waals surface area (Å²) in [5.41, 5.74) is 1.34. The van der Waals surface area contributed by atoms with Gasteiger partial charge < -0.3 is 24.2 Å². The van der Waals surface area contributed by atoms with E-state index in [2.05, 4.69) is 0 Å². The van der Waals surface area contributed by atoms with Crippen LogP contribution < -0.4 is 14.5 Å². The van der Waals surface area contributed by atoms with E-state index in [1.54, 1.807) is 30.2 Å². The molecule has 0 saturated carbocycles. The molecule has 0 spiro atoms. The van der Waals surface area contributed by atoms with Gasteiger partial charge in [0.2, 0.25) is 5.91 Å². The van der Waals surface area contributed by atoms with Crippen LogP contribution in [0.15, 0.2) is 18.2 Å². The van der Waals surface area contributed by atoms with Crippen LogP contribution in [0.1, 0.15) is 12.8 Å². The number of anilines is 2. The number of amides is 2. The quantitative estimate of drug-likeness (QED) is 0.873. The second-order valence-corrected chi connectivity index (χ2v) is 6.40. The molecule has 4 rings (SSSR count). The maximum Gasteiger partial charge on any atom is 0.415 e. The molecule has 25 heavy (non-hydrogen) atoms. The van der Waals surface area contributed by atoms with Gasteiger partial charge in [0.25, 0.3) is 0 Å². The lowest BCUT2D eigenvalue weighted by Crippen LogP contribution is -2.45. The van der Waals surface area contributed by atoms with Gasteiger partial charge in [0.1, 0.15) is 18.4 Å². The molecule has 3 atom stereocenters. The molecule has 0 aromatic heterocycles. The molecule has 2 saturated heterocycles. The van der Waals surface area contributed by atoms with Gasteiger partial charge >= 0.3 is 6.09 Å². The van der Waals surface area contributed by atoms with Crippen molar-refractivity contribution in [2.45, 2.75) is 31.1 Å². The van der Waals surface area contributed by atoms with Crippen LogP contribution in [0.2, 0.25) is 0 Å². The number of carbonyl (C=O) groups excluding carboxylic acids is 2. The number of aliphatic hydroxyl groups is 1. The first-order chi connectivity index (χ1) is 12.1. The number of fused-ring (bicyclic) bond motifs is 3. The molecular formula is C17H20N2O6. The molecule has 3 aliphatic heterocycles. The molecule has 1 N–H and O–H groups in total. The van der Waals surface area contributed by atoms with E-state index in [0.717, 1.165) is 12.1 Å². The molecule has 0 bridgehead atoms. The highest BCUT2D eigenvalue weighted by Crippen LogP contribution is 2.41. The number of rotatable bonds is 3. The zero-order valence-corrected chi connectivity index (χ0v) is 13.9. The average Bonchev–Trinajstić information content (AvgIpc) is 2.97. The molecule has 134 valence electrons. The van der Waals surface area contributed by atoms with E-state index in [9.17, 15) is 14.7 Å². The monoisotopic (exact) mass is 348 g/mol. The van der Waals surface area contributed by atoms with Gasteiger partial charge in [-0.15, -0.1) is 0 Å². The average molecular weight is 348 g/mol. The maximum absolute atomic E-state index is 12.3. The lowest BCUT2D eigenvalue weighted by molar-refractivity contribution is -0.122. The molecule has 8 heteroatoms. The number of nitrogens with zero attached hydrogens (tertiary/aromatic N) is 2. The minimum absolute atomic E-state index is 0.00710. The summed E-state index contributed by atoms with van der Waals surface area (Å²) < 4.78 is 16.2. The van der Waals surface area contributed by atoms with Gasteiger partial charge in [-0.2, -0.15) is 0 Å². The molecule has 3 heterocycles. The third kappa shape index (κ3) is 2.61. The van der Waals surface area contributed by atoms with Gasteiger partial charge in [-0.1, -0.05) is 0 Å². The molecule has 0 unspecified atom stereocenters. The van der Waals surface area contributed by atoms with Gasteiger partial charge in [0.15, 0.2) is 6.10 Å². The van der Waals surface area contributed by atoms with Crippen LogP contribution in [0.25, 0.3) is 0 Å². The third-order valence-electron chi connectivity index (χ3n) is 5.03.